The molecule has 0 aliphatic carbocycles. The first-order valence-corrected chi connectivity index (χ1v) is 6.47. The standard InChI is InChI=1S/C16H17N3O2/c1-19(16(21)13-6-8-14(17)9-7-13)10-11-2-4-12(5-3-11)15(18)20/h2-9H,10,17H2,1H3,(H2,18,20). The van der Waals surface area contributed by atoms with Gasteiger partial charge in [0, 0.05) is 30.4 Å². The Morgan fingerprint density at radius 1 is 0.952 bits per heavy atom. The molecule has 108 valence electrons. The molecule has 5 nitrogen and oxygen atoms in total. The van der Waals surface area contributed by atoms with Crippen molar-refractivity contribution in [2.45, 2.75) is 6.54 Å². The number of carbonyl (C=O) groups is 2. The van der Waals surface area contributed by atoms with Gasteiger partial charge in [0.25, 0.3) is 5.91 Å². The van der Waals surface area contributed by atoms with E-state index >= 15 is 0 Å². The van der Waals surface area contributed by atoms with Gasteiger partial charge in [-0.25, -0.2) is 0 Å². The summed E-state index contributed by atoms with van der Waals surface area (Å²) in [6, 6.07) is 13.7. The molecule has 2 rings (SSSR count). The lowest BCUT2D eigenvalue weighted by Gasteiger charge is -2.17. The summed E-state index contributed by atoms with van der Waals surface area (Å²) in [5.41, 5.74) is 13.4. The second-order valence-electron chi connectivity index (χ2n) is 4.84. The van der Waals surface area contributed by atoms with E-state index in [0.29, 0.717) is 23.4 Å². The minimum atomic E-state index is -0.465. The summed E-state index contributed by atoms with van der Waals surface area (Å²) in [6.07, 6.45) is 0. The highest BCUT2D eigenvalue weighted by molar-refractivity contribution is 5.94. The molecule has 2 amide bonds. The van der Waals surface area contributed by atoms with E-state index in [4.69, 9.17) is 11.5 Å². The third-order valence-electron chi connectivity index (χ3n) is 3.16. The Morgan fingerprint density at radius 3 is 2.00 bits per heavy atom. The molecule has 0 unspecified atom stereocenters. The van der Waals surface area contributed by atoms with Crippen LogP contribution in [-0.4, -0.2) is 23.8 Å². The van der Waals surface area contributed by atoms with Crippen molar-refractivity contribution in [3.8, 4) is 0 Å². The van der Waals surface area contributed by atoms with Crippen molar-refractivity contribution >= 4 is 17.5 Å². The lowest BCUT2D eigenvalue weighted by molar-refractivity contribution is 0.0784. The number of benzene rings is 2. The van der Waals surface area contributed by atoms with Gasteiger partial charge in [-0.2, -0.15) is 0 Å². The number of nitrogens with two attached hydrogens (primary N) is 2. The van der Waals surface area contributed by atoms with E-state index < -0.39 is 5.91 Å². The number of hydrogen-bond acceptors (Lipinski definition) is 3. The fraction of sp³-hybridized carbons (Fsp3) is 0.125. The van der Waals surface area contributed by atoms with Crippen molar-refractivity contribution in [2.75, 3.05) is 12.8 Å². The molecular weight excluding hydrogens is 266 g/mol. The molecular formula is C16H17N3O2. The predicted molar refractivity (Wildman–Crippen MR) is 81.6 cm³/mol. The number of rotatable bonds is 4. The van der Waals surface area contributed by atoms with E-state index in [9.17, 15) is 9.59 Å². The van der Waals surface area contributed by atoms with Gasteiger partial charge in [0.2, 0.25) is 5.91 Å². The molecule has 0 heterocycles. The Hall–Kier alpha value is -2.82. The molecule has 4 N–H and O–H groups in total. The quantitative estimate of drug-likeness (QED) is 0.836. The van der Waals surface area contributed by atoms with Gasteiger partial charge >= 0.3 is 0 Å². The topological polar surface area (TPSA) is 89.4 Å². The molecule has 0 fully saturated rings. The maximum Gasteiger partial charge on any atom is 0.253 e. The summed E-state index contributed by atoms with van der Waals surface area (Å²) >= 11 is 0. The van der Waals surface area contributed by atoms with Crippen LogP contribution in [0.4, 0.5) is 5.69 Å². The number of carbonyl (C=O) groups excluding carboxylic acids is 2. The van der Waals surface area contributed by atoms with Crippen LogP contribution >= 0.6 is 0 Å². The summed E-state index contributed by atoms with van der Waals surface area (Å²) in [4.78, 5) is 24.9. The fourth-order valence-corrected chi connectivity index (χ4v) is 1.97. The Morgan fingerprint density at radius 2 is 1.48 bits per heavy atom. The molecule has 0 spiro atoms. The van der Waals surface area contributed by atoms with E-state index in [-0.39, 0.29) is 5.91 Å². The number of amides is 2. The van der Waals surface area contributed by atoms with Crippen molar-refractivity contribution in [1.82, 2.24) is 4.90 Å². The van der Waals surface area contributed by atoms with Gasteiger partial charge in [-0.15, -0.1) is 0 Å². The number of nitrogens with zero attached hydrogens (tertiary/aromatic N) is 1. The van der Waals surface area contributed by atoms with Crippen LogP contribution in [0.2, 0.25) is 0 Å². The second-order valence-corrected chi connectivity index (χ2v) is 4.84. The molecule has 0 atom stereocenters. The summed E-state index contributed by atoms with van der Waals surface area (Å²) in [7, 11) is 1.72. The van der Waals surface area contributed by atoms with Crippen molar-refractivity contribution < 1.29 is 9.59 Å². The molecule has 0 saturated heterocycles. The summed E-state index contributed by atoms with van der Waals surface area (Å²) < 4.78 is 0. The minimum Gasteiger partial charge on any atom is -0.399 e. The van der Waals surface area contributed by atoms with Gasteiger partial charge in [0.05, 0.1) is 0 Å². The molecule has 2 aromatic carbocycles. The van der Waals surface area contributed by atoms with Gasteiger partial charge < -0.3 is 16.4 Å². The Kier molecular flexibility index (Phi) is 4.23. The van der Waals surface area contributed by atoms with Crippen molar-refractivity contribution in [3.05, 3.63) is 65.2 Å². The third kappa shape index (κ3) is 3.60. The van der Waals surface area contributed by atoms with Crippen LogP contribution in [0.25, 0.3) is 0 Å². The smallest absolute Gasteiger partial charge is 0.253 e. The highest BCUT2D eigenvalue weighted by atomic mass is 16.2. The van der Waals surface area contributed by atoms with Crippen LogP contribution in [0.3, 0.4) is 0 Å². The van der Waals surface area contributed by atoms with Gasteiger partial charge in [0.15, 0.2) is 0 Å². The first-order chi connectivity index (χ1) is 9.97. The van der Waals surface area contributed by atoms with Crippen LogP contribution < -0.4 is 11.5 Å². The van der Waals surface area contributed by atoms with E-state index in [1.54, 1.807) is 60.5 Å². The van der Waals surface area contributed by atoms with E-state index in [1.807, 2.05) is 0 Å². The summed E-state index contributed by atoms with van der Waals surface area (Å²) in [5.74, 6) is -0.554. The van der Waals surface area contributed by atoms with E-state index in [2.05, 4.69) is 0 Å². The minimum absolute atomic E-state index is 0.0889. The first kappa shape index (κ1) is 14.6. The Bertz CT molecular complexity index is 648. The first-order valence-electron chi connectivity index (χ1n) is 6.47. The number of hydrogen-bond donors (Lipinski definition) is 2. The largest absolute Gasteiger partial charge is 0.399 e. The normalized spacial score (nSPS) is 10.1. The predicted octanol–water partition coefficient (Wildman–Crippen LogP) is 1.64. The molecule has 0 aliphatic rings. The molecule has 2 aromatic rings. The average molecular weight is 283 g/mol. The highest BCUT2D eigenvalue weighted by Crippen LogP contribution is 2.11. The van der Waals surface area contributed by atoms with Crippen LogP contribution in [0.15, 0.2) is 48.5 Å². The number of nitrogen functional groups attached to an aromatic ring is 1. The van der Waals surface area contributed by atoms with Gasteiger partial charge in [-0.3, -0.25) is 9.59 Å². The highest BCUT2D eigenvalue weighted by Gasteiger charge is 2.12. The van der Waals surface area contributed by atoms with E-state index in [0.717, 1.165) is 5.56 Å². The van der Waals surface area contributed by atoms with Crippen LogP contribution in [-0.2, 0) is 6.54 Å². The van der Waals surface area contributed by atoms with Crippen molar-refractivity contribution in [1.29, 1.82) is 0 Å². The molecule has 0 saturated carbocycles. The second kappa shape index (κ2) is 6.09. The lowest BCUT2D eigenvalue weighted by atomic mass is 10.1. The Balaban J connectivity index is 2.06. The van der Waals surface area contributed by atoms with Gasteiger partial charge in [0.1, 0.15) is 0 Å². The fourth-order valence-electron chi connectivity index (χ4n) is 1.97. The monoisotopic (exact) mass is 283 g/mol. The van der Waals surface area contributed by atoms with E-state index in [1.165, 1.54) is 0 Å². The average Bonchev–Trinajstić information content (AvgIpc) is 2.47. The zero-order valence-corrected chi connectivity index (χ0v) is 11.7. The molecule has 0 aliphatic heterocycles. The zero-order valence-electron chi connectivity index (χ0n) is 11.7. The molecule has 5 heteroatoms. The van der Waals surface area contributed by atoms with Gasteiger partial charge in [-0.05, 0) is 42.0 Å². The molecule has 0 aromatic heterocycles. The summed E-state index contributed by atoms with van der Waals surface area (Å²) in [6.45, 7) is 0.447. The summed E-state index contributed by atoms with van der Waals surface area (Å²) in [5, 5.41) is 0. The third-order valence-corrected chi connectivity index (χ3v) is 3.16. The zero-order chi connectivity index (χ0) is 15.4. The van der Waals surface area contributed by atoms with Gasteiger partial charge in [-0.1, -0.05) is 12.1 Å². The van der Waals surface area contributed by atoms with Crippen LogP contribution in [0, 0.1) is 0 Å². The van der Waals surface area contributed by atoms with Crippen LogP contribution in [0.1, 0.15) is 26.3 Å². The van der Waals surface area contributed by atoms with Crippen molar-refractivity contribution in [3.63, 3.8) is 0 Å². The SMILES string of the molecule is CN(Cc1ccc(C(N)=O)cc1)C(=O)c1ccc(N)cc1. The van der Waals surface area contributed by atoms with Crippen LogP contribution in [0.5, 0.6) is 0 Å². The molecule has 0 radical (unpaired) electrons. The number of anilines is 1. The molecule has 0 bridgehead atoms. The Labute approximate surface area is 123 Å². The van der Waals surface area contributed by atoms with Crippen molar-refractivity contribution in [2.24, 2.45) is 5.73 Å². The lowest BCUT2D eigenvalue weighted by Crippen LogP contribution is -2.26. The molecule has 21 heavy (non-hydrogen) atoms. The maximum absolute atomic E-state index is 12.2. The number of primary amides is 1. The maximum atomic E-state index is 12.2.